The highest BCUT2D eigenvalue weighted by atomic mass is 35.5. The van der Waals surface area contributed by atoms with Gasteiger partial charge < -0.3 is 14.8 Å². The lowest BCUT2D eigenvalue weighted by molar-refractivity contribution is -0.121. The number of halogens is 2. The summed E-state index contributed by atoms with van der Waals surface area (Å²) in [5.41, 5.74) is 1.47. The van der Waals surface area contributed by atoms with Gasteiger partial charge in [0.15, 0.2) is 11.5 Å². The smallest absolute Gasteiger partial charge is 0.328 e. The molecule has 0 spiro atoms. The number of amides is 3. The van der Waals surface area contributed by atoms with Gasteiger partial charge in [-0.1, -0.05) is 23.7 Å². The van der Waals surface area contributed by atoms with Crippen LogP contribution in [0.2, 0.25) is 5.02 Å². The van der Waals surface area contributed by atoms with Crippen LogP contribution >= 0.6 is 11.6 Å². The monoisotopic (exact) mass is 390 g/mol. The highest BCUT2D eigenvalue weighted by molar-refractivity contribution is 6.32. The van der Waals surface area contributed by atoms with Crippen molar-refractivity contribution >= 4 is 29.6 Å². The number of hydrogen-bond acceptors (Lipinski definition) is 4. The lowest BCUT2D eigenvalue weighted by Crippen LogP contribution is -2.25. The van der Waals surface area contributed by atoms with Crippen LogP contribution in [-0.2, 0) is 11.4 Å². The van der Waals surface area contributed by atoms with Gasteiger partial charge in [-0.25, -0.2) is 9.18 Å². The van der Waals surface area contributed by atoms with Crippen molar-refractivity contribution < 1.29 is 23.5 Å². The molecule has 8 heteroatoms. The van der Waals surface area contributed by atoms with Gasteiger partial charge in [0, 0.05) is 7.05 Å². The van der Waals surface area contributed by atoms with E-state index >= 15 is 0 Å². The zero-order valence-electron chi connectivity index (χ0n) is 14.6. The van der Waals surface area contributed by atoms with Crippen molar-refractivity contribution in [3.8, 4) is 11.5 Å². The van der Waals surface area contributed by atoms with E-state index in [9.17, 15) is 14.0 Å². The first-order valence-corrected chi connectivity index (χ1v) is 8.32. The number of carbonyl (C=O) groups excluding carboxylic acids is 2. The summed E-state index contributed by atoms with van der Waals surface area (Å²) in [6, 6.07) is 8.64. The van der Waals surface area contributed by atoms with E-state index in [4.69, 9.17) is 21.1 Å². The summed E-state index contributed by atoms with van der Waals surface area (Å²) < 4.78 is 24.0. The van der Waals surface area contributed by atoms with Crippen molar-refractivity contribution in [2.24, 2.45) is 0 Å². The van der Waals surface area contributed by atoms with Gasteiger partial charge in [-0.3, -0.25) is 9.69 Å². The molecular formula is C19H16ClFN2O4. The van der Waals surface area contributed by atoms with Gasteiger partial charge in [0.05, 0.1) is 12.1 Å². The minimum absolute atomic E-state index is 0.139. The normalized spacial score (nSPS) is 15.3. The maximum atomic E-state index is 13.0. The van der Waals surface area contributed by atoms with Crippen LogP contribution in [0.3, 0.4) is 0 Å². The second-order valence-electron chi connectivity index (χ2n) is 5.80. The maximum absolute atomic E-state index is 13.0. The zero-order valence-corrected chi connectivity index (χ0v) is 15.3. The van der Waals surface area contributed by atoms with Crippen LogP contribution in [0.25, 0.3) is 6.08 Å². The molecule has 2 aromatic carbocycles. The first-order chi connectivity index (χ1) is 12.9. The van der Waals surface area contributed by atoms with E-state index < -0.39 is 11.9 Å². The van der Waals surface area contributed by atoms with Crippen molar-refractivity contribution in [2.75, 3.05) is 14.2 Å². The summed E-state index contributed by atoms with van der Waals surface area (Å²) in [5.74, 6) is -0.0798. The molecule has 1 heterocycles. The van der Waals surface area contributed by atoms with E-state index in [0.29, 0.717) is 17.1 Å². The van der Waals surface area contributed by atoms with Crippen molar-refractivity contribution in [3.05, 3.63) is 64.1 Å². The summed E-state index contributed by atoms with van der Waals surface area (Å²) in [5, 5.41) is 2.75. The van der Waals surface area contributed by atoms with E-state index in [1.807, 2.05) is 0 Å². The van der Waals surface area contributed by atoms with Crippen LogP contribution in [0.15, 0.2) is 42.1 Å². The molecule has 3 amide bonds. The molecule has 0 radical (unpaired) electrons. The second-order valence-corrected chi connectivity index (χ2v) is 6.21. The number of nitrogens with zero attached hydrogens (tertiary/aromatic N) is 1. The van der Waals surface area contributed by atoms with Gasteiger partial charge in [-0.2, -0.15) is 0 Å². The number of hydrogen-bond donors (Lipinski definition) is 1. The molecule has 3 rings (SSSR count). The van der Waals surface area contributed by atoms with Crippen LogP contribution in [0.5, 0.6) is 11.5 Å². The Balaban J connectivity index is 1.84. The fourth-order valence-electron chi connectivity index (χ4n) is 2.49. The van der Waals surface area contributed by atoms with E-state index in [2.05, 4.69) is 5.32 Å². The molecular weight excluding hydrogens is 375 g/mol. The van der Waals surface area contributed by atoms with Crippen molar-refractivity contribution in [3.63, 3.8) is 0 Å². The molecule has 0 aliphatic carbocycles. The van der Waals surface area contributed by atoms with Gasteiger partial charge >= 0.3 is 6.03 Å². The Labute approximate surface area is 160 Å². The minimum atomic E-state index is -0.497. The van der Waals surface area contributed by atoms with Gasteiger partial charge in [-0.15, -0.1) is 0 Å². The molecule has 0 aromatic heterocycles. The topological polar surface area (TPSA) is 67.9 Å². The molecule has 140 valence electrons. The van der Waals surface area contributed by atoms with Crippen molar-refractivity contribution in [1.29, 1.82) is 0 Å². The van der Waals surface area contributed by atoms with Crippen LogP contribution in [0.1, 0.15) is 11.1 Å². The number of benzene rings is 2. The van der Waals surface area contributed by atoms with Gasteiger partial charge in [0.1, 0.15) is 18.1 Å². The average molecular weight is 391 g/mol. The lowest BCUT2D eigenvalue weighted by atomic mass is 10.1. The summed E-state index contributed by atoms with van der Waals surface area (Å²) in [6.45, 7) is 0.177. The van der Waals surface area contributed by atoms with Crippen LogP contribution < -0.4 is 14.8 Å². The number of ether oxygens (including phenoxy) is 2. The quantitative estimate of drug-likeness (QED) is 0.625. The van der Waals surface area contributed by atoms with Gasteiger partial charge in [0.25, 0.3) is 5.91 Å². The van der Waals surface area contributed by atoms with Crippen LogP contribution in [0.4, 0.5) is 9.18 Å². The number of carbonyl (C=O) groups is 2. The van der Waals surface area contributed by atoms with Crippen molar-refractivity contribution in [1.82, 2.24) is 10.2 Å². The molecule has 1 N–H and O–H groups in total. The highest BCUT2D eigenvalue weighted by Gasteiger charge is 2.30. The number of methoxy groups -OCH3 is 1. The fourth-order valence-corrected chi connectivity index (χ4v) is 2.76. The molecule has 1 aliphatic rings. The zero-order chi connectivity index (χ0) is 19.6. The van der Waals surface area contributed by atoms with E-state index in [0.717, 1.165) is 10.5 Å². The Morgan fingerprint density at radius 2 is 1.93 bits per heavy atom. The Morgan fingerprint density at radius 1 is 1.22 bits per heavy atom. The van der Waals surface area contributed by atoms with Gasteiger partial charge in [-0.05, 0) is 41.5 Å². The summed E-state index contributed by atoms with van der Waals surface area (Å²) in [7, 11) is 2.85. The Bertz CT molecular complexity index is 928. The third-order valence-corrected chi connectivity index (χ3v) is 4.22. The number of likely N-dealkylation sites (N-methyl/N-ethyl adjacent to an activating group) is 1. The molecule has 1 saturated heterocycles. The van der Waals surface area contributed by atoms with E-state index in [-0.39, 0.29) is 23.1 Å². The van der Waals surface area contributed by atoms with Gasteiger partial charge in [0.2, 0.25) is 0 Å². The minimum Gasteiger partial charge on any atom is -0.493 e. The molecule has 27 heavy (non-hydrogen) atoms. The number of urea groups is 1. The standard InChI is InChI=1S/C19H16ClFN2O4/c1-23-18(24)15(22-19(23)25)8-12-7-14(20)17(16(9-12)26-2)27-10-11-3-5-13(21)6-4-11/h3-9H,10H2,1-2H3,(H,22,25)/b15-8+. The predicted molar refractivity (Wildman–Crippen MR) is 98.0 cm³/mol. The predicted octanol–water partition coefficient (Wildman–Crippen LogP) is 3.59. The molecule has 2 aromatic rings. The number of imide groups is 1. The number of rotatable bonds is 5. The largest absolute Gasteiger partial charge is 0.493 e. The van der Waals surface area contributed by atoms with E-state index in [1.54, 1.807) is 24.3 Å². The second kappa shape index (κ2) is 7.67. The lowest BCUT2D eigenvalue weighted by Gasteiger charge is -2.13. The van der Waals surface area contributed by atoms with E-state index in [1.165, 1.54) is 32.4 Å². The highest BCUT2D eigenvalue weighted by Crippen LogP contribution is 2.37. The first-order valence-electron chi connectivity index (χ1n) is 7.94. The molecule has 1 fully saturated rings. The Morgan fingerprint density at radius 3 is 2.52 bits per heavy atom. The number of nitrogens with one attached hydrogen (secondary N) is 1. The summed E-state index contributed by atoms with van der Waals surface area (Å²) >= 11 is 6.31. The molecule has 6 nitrogen and oxygen atoms in total. The Hall–Kier alpha value is -3.06. The Kier molecular flexibility index (Phi) is 5.32. The maximum Gasteiger partial charge on any atom is 0.328 e. The molecule has 1 aliphatic heterocycles. The van der Waals surface area contributed by atoms with Crippen LogP contribution in [0, 0.1) is 5.82 Å². The average Bonchev–Trinajstić information content (AvgIpc) is 2.88. The van der Waals surface area contributed by atoms with Crippen molar-refractivity contribution in [2.45, 2.75) is 6.61 Å². The summed E-state index contributed by atoms with van der Waals surface area (Å²) in [4.78, 5) is 24.5. The fraction of sp³-hybridized carbons (Fsp3) is 0.158. The van der Waals surface area contributed by atoms with Crippen LogP contribution in [-0.4, -0.2) is 31.0 Å². The first kappa shape index (κ1) is 18.7. The SMILES string of the molecule is COc1cc(/C=C2/NC(=O)N(C)C2=O)cc(Cl)c1OCc1ccc(F)cc1. The summed E-state index contributed by atoms with van der Waals surface area (Å²) in [6.07, 6.45) is 1.50. The molecule has 0 bridgehead atoms. The molecule has 0 saturated carbocycles. The molecule has 0 atom stereocenters. The third-order valence-electron chi connectivity index (χ3n) is 3.94. The molecule has 0 unspecified atom stereocenters. The third kappa shape index (κ3) is 4.03.